The van der Waals surface area contributed by atoms with Crippen molar-refractivity contribution in [1.82, 2.24) is 15.5 Å². The maximum atomic E-state index is 13.2. The Kier molecular flexibility index (Phi) is 13.5. The van der Waals surface area contributed by atoms with Gasteiger partial charge in [0, 0.05) is 78.9 Å². The van der Waals surface area contributed by atoms with E-state index in [0.29, 0.717) is 17.3 Å². The van der Waals surface area contributed by atoms with Crippen LogP contribution >= 0.6 is 69.3 Å². The van der Waals surface area contributed by atoms with E-state index in [9.17, 15) is 9.59 Å². The number of alkyl carbamates (subject to hydrolysis) is 1. The van der Waals surface area contributed by atoms with E-state index in [4.69, 9.17) is 9.47 Å². The Hall–Kier alpha value is -5.15. The lowest BCUT2D eigenvalue weighted by molar-refractivity contribution is -0.137. The number of fused-ring (bicyclic) bond motifs is 6. The van der Waals surface area contributed by atoms with Gasteiger partial charge in [-0.15, -0.1) is 56.4 Å². The quantitative estimate of drug-likeness (QED) is 0.0415. The van der Waals surface area contributed by atoms with E-state index in [1.807, 2.05) is 29.6 Å². The minimum absolute atomic E-state index is 0.0141. The molecule has 0 aliphatic carbocycles. The number of hydrogen-bond acceptors (Lipinski definition) is 12. The predicted molar refractivity (Wildman–Crippen MR) is 269 cm³/mol. The smallest absolute Gasteiger partial charge is 0.407 e. The number of carbonyl (C=O) groups is 2. The number of hydrogen-bond donors (Lipinski definition) is 1. The molecule has 0 radical (unpaired) electrons. The summed E-state index contributed by atoms with van der Waals surface area (Å²) in [5, 5.41) is 17.5. The van der Waals surface area contributed by atoms with Crippen LogP contribution in [0.15, 0.2) is 160 Å². The van der Waals surface area contributed by atoms with Crippen molar-refractivity contribution in [1.29, 1.82) is 0 Å². The van der Waals surface area contributed by atoms with Crippen LogP contribution in [0.3, 0.4) is 0 Å². The number of nitrogens with one attached hydrogen (secondary N) is 1. The number of ether oxygens (including phenoxy) is 2. The zero-order chi connectivity index (χ0) is 43.2. The molecule has 6 aromatic carbocycles. The van der Waals surface area contributed by atoms with Crippen LogP contribution in [0, 0.1) is 12.3 Å². The van der Waals surface area contributed by atoms with Gasteiger partial charge in [-0.3, -0.25) is 0 Å². The number of amides is 1. The highest BCUT2D eigenvalue weighted by Gasteiger charge is 2.34. The van der Waals surface area contributed by atoms with Crippen molar-refractivity contribution in [3.8, 4) is 22.3 Å². The number of thiophene rings is 2. The second kappa shape index (κ2) is 19.7. The summed E-state index contributed by atoms with van der Waals surface area (Å²) in [5.41, 5.74) is 4.23. The highest BCUT2D eigenvalue weighted by Crippen LogP contribution is 2.44. The van der Waals surface area contributed by atoms with Crippen molar-refractivity contribution >= 4 is 122 Å². The van der Waals surface area contributed by atoms with Gasteiger partial charge in [-0.1, -0.05) is 127 Å². The SMILES string of the molecule is C=CC(=O)OCCNC(=O)OCC(CSc1cccc(-c2cccc3c2sc2ccccc23)c1)(CSc1cccc(-c2cccc3c2sc2ccccc23)c1)CSc1nnc(C)s1. The van der Waals surface area contributed by atoms with Gasteiger partial charge in [-0.2, -0.15) is 0 Å². The Morgan fingerprint density at radius 2 is 1.19 bits per heavy atom. The van der Waals surface area contributed by atoms with Crippen LogP contribution < -0.4 is 5.32 Å². The number of nitrogens with zero attached hydrogens (tertiary/aromatic N) is 2. The standard InChI is InChI=1S/C50H41N3O4S6/c1-3-45(54)56-25-24-51-48(55)57-28-50(31-60-49-53-52-32(2)61-49,29-58-35-14-8-12-33(26-35)37-18-10-20-41-39-16-4-6-22-43(39)62-46(37)41)30-59-36-15-9-13-34(27-36)38-19-11-21-42-40-17-5-7-23-44(40)63-47(38)42/h3-23,26-27H,1,24-25,28-31H2,2H3,(H,51,55). The van der Waals surface area contributed by atoms with Crippen LogP contribution in [0.1, 0.15) is 5.01 Å². The molecule has 1 amide bonds. The number of carbonyl (C=O) groups excluding carboxylic acids is 2. The van der Waals surface area contributed by atoms with Gasteiger partial charge in [-0.05, 0) is 65.6 Å². The summed E-state index contributed by atoms with van der Waals surface area (Å²) in [4.78, 5) is 27.1. The maximum Gasteiger partial charge on any atom is 0.407 e. The molecule has 0 spiro atoms. The van der Waals surface area contributed by atoms with Crippen molar-refractivity contribution in [3.05, 3.63) is 151 Å². The van der Waals surface area contributed by atoms with Crippen LogP contribution in [0.25, 0.3) is 62.6 Å². The highest BCUT2D eigenvalue weighted by atomic mass is 32.2. The molecular weight excluding hydrogens is 899 g/mol. The first-order valence-corrected chi connectivity index (χ1v) is 25.7. The zero-order valence-corrected chi connectivity index (χ0v) is 39.1. The first-order valence-electron chi connectivity index (χ1n) is 20.2. The molecule has 1 N–H and O–H groups in total. The third-order valence-electron chi connectivity index (χ3n) is 10.5. The van der Waals surface area contributed by atoms with E-state index in [0.717, 1.165) is 36.3 Å². The fourth-order valence-corrected chi connectivity index (χ4v) is 14.5. The molecule has 13 heteroatoms. The largest absolute Gasteiger partial charge is 0.461 e. The average molecular weight is 940 g/mol. The molecule has 3 heterocycles. The van der Waals surface area contributed by atoms with Crippen LogP contribution in [0.5, 0.6) is 0 Å². The number of aryl methyl sites for hydroxylation is 1. The van der Waals surface area contributed by atoms with Gasteiger partial charge in [0.15, 0.2) is 4.34 Å². The number of aromatic nitrogens is 2. The molecule has 63 heavy (non-hydrogen) atoms. The number of esters is 1. The van der Waals surface area contributed by atoms with E-state index >= 15 is 0 Å². The van der Waals surface area contributed by atoms with Gasteiger partial charge in [0.1, 0.15) is 18.2 Å². The van der Waals surface area contributed by atoms with Crippen molar-refractivity contribution < 1.29 is 19.1 Å². The molecule has 0 bridgehead atoms. The molecule has 9 aromatic rings. The van der Waals surface area contributed by atoms with Crippen molar-refractivity contribution in [3.63, 3.8) is 0 Å². The lowest BCUT2D eigenvalue weighted by Gasteiger charge is -2.32. The average Bonchev–Trinajstić information content (AvgIpc) is 4.04. The van der Waals surface area contributed by atoms with Crippen molar-refractivity contribution in [2.75, 3.05) is 37.0 Å². The molecular formula is C50H41N3O4S6. The summed E-state index contributed by atoms with van der Waals surface area (Å²) in [6.07, 6.45) is 0.525. The van der Waals surface area contributed by atoms with Crippen molar-refractivity contribution in [2.45, 2.75) is 21.1 Å². The molecule has 0 fully saturated rings. The van der Waals surface area contributed by atoms with Crippen LogP contribution in [-0.4, -0.2) is 59.3 Å². The lowest BCUT2D eigenvalue weighted by Crippen LogP contribution is -2.39. The third kappa shape index (κ3) is 9.99. The Bertz CT molecular complexity index is 2940. The Morgan fingerprint density at radius 1 is 0.651 bits per heavy atom. The summed E-state index contributed by atoms with van der Waals surface area (Å²) in [7, 11) is 0. The molecule has 0 saturated heterocycles. The summed E-state index contributed by atoms with van der Waals surface area (Å²) in [6.45, 7) is 5.67. The fraction of sp³-hybridized carbons (Fsp3) is 0.160. The van der Waals surface area contributed by atoms with Gasteiger partial charge in [0.25, 0.3) is 0 Å². The first-order chi connectivity index (χ1) is 30.8. The van der Waals surface area contributed by atoms with E-state index in [1.165, 1.54) is 51.5 Å². The maximum absolute atomic E-state index is 13.2. The molecule has 0 atom stereocenters. The van der Waals surface area contributed by atoms with Crippen LogP contribution in [0.2, 0.25) is 0 Å². The van der Waals surface area contributed by atoms with E-state index in [1.54, 1.807) is 46.6 Å². The fourth-order valence-electron chi connectivity index (χ4n) is 7.36. The summed E-state index contributed by atoms with van der Waals surface area (Å²) >= 11 is 10.4. The molecule has 9 rings (SSSR count). The lowest BCUT2D eigenvalue weighted by atomic mass is 9.97. The molecule has 7 nitrogen and oxygen atoms in total. The van der Waals surface area contributed by atoms with Gasteiger partial charge in [-0.25, -0.2) is 9.59 Å². The van der Waals surface area contributed by atoms with Gasteiger partial charge in [0.05, 0.1) is 6.54 Å². The van der Waals surface area contributed by atoms with Crippen LogP contribution in [-0.2, 0) is 14.3 Å². The molecule has 3 aromatic heterocycles. The van der Waals surface area contributed by atoms with E-state index < -0.39 is 17.5 Å². The van der Waals surface area contributed by atoms with Gasteiger partial charge < -0.3 is 14.8 Å². The predicted octanol–water partition coefficient (Wildman–Crippen LogP) is 14.0. The van der Waals surface area contributed by atoms with Gasteiger partial charge in [0.2, 0.25) is 0 Å². The minimum atomic E-state index is -0.572. The highest BCUT2D eigenvalue weighted by molar-refractivity contribution is 8.02. The van der Waals surface area contributed by atoms with Gasteiger partial charge >= 0.3 is 12.1 Å². The summed E-state index contributed by atoms with van der Waals surface area (Å²) in [6, 6.07) is 47.8. The molecule has 0 aliphatic rings. The molecule has 316 valence electrons. The topological polar surface area (TPSA) is 90.4 Å². The summed E-state index contributed by atoms with van der Waals surface area (Å²) in [5.74, 6) is 1.41. The normalized spacial score (nSPS) is 11.7. The molecule has 0 unspecified atom stereocenters. The summed E-state index contributed by atoms with van der Waals surface area (Å²) < 4.78 is 17.1. The second-order valence-corrected chi connectivity index (χ2v) is 21.6. The third-order valence-corrected chi connectivity index (χ3v) is 17.9. The first kappa shape index (κ1) is 43.1. The molecule has 0 aliphatic heterocycles. The second-order valence-electron chi connectivity index (χ2n) is 14.9. The minimum Gasteiger partial charge on any atom is -0.461 e. The Morgan fingerprint density at radius 3 is 1.75 bits per heavy atom. The zero-order valence-electron chi connectivity index (χ0n) is 34.2. The number of benzene rings is 6. The Labute approximate surface area is 390 Å². The number of rotatable bonds is 17. The van der Waals surface area contributed by atoms with E-state index in [-0.39, 0.29) is 19.8 Å². The Balaban J connectivity index is 1.01. The monoisotopic (exact) mass is 939 g/mol. The molecule has 0 saturated carbocycles. The van der Waals surface area contributed by atoms with Crippen LogP contribution in [0.4, 0.5) is 4.79 Å². The van der Waals surface area contributed by atoms with Crippen molar-refractivity contribution in [2.24, 2.45) is 5.41 Å². The van der Waals surface area contributed by atoms with E-state index in [2.05, 4.69) is 156 Å². The number of thioether (sulfide) groups is 3.